The van der Waals surface area contributed by atoms with Crippen molar-refractivity contribution in [3.63, 3.8) is 0 Å². The molecule has 1 aromatic heterocycles. The van der Waals surface area contributed by atoms with E-state index in [1.54, 1.807) is 0 Å². The molecule has 80 valence electrons. The number of alkyl halides is 1. The molecule has 0 saturated heterocycles. The molecule has 1 heterocycles. The van der Waals surface area contributed by atoms with Crippen LogP contribution < -0.4 is 0 Å². The molecule has 14 heavy (non-hydrogen) atoms. The topological polar surface area (TPSA) is 3.24 Å². The zero-order valence-electron chi connectivity index (χ0n) is 9.09. The van der Waals surface area contributed by atoms with E-state index in [1.165, 1.54) is 9.75 Å². The van der Waals surface area contributed by atoms with Gasteiger partial charge in [-0.1, -0.05) is 29.8 Å². The Hall–Kier alpha value is 0.140. The third-order valence-corrected chi connectivity index (χ3v) is 3.56. The molecule has 0 aliphatic carbocycles. The minimum atomic E-state index is 0.568. The van der Waals surface area contributed by atoms with Gasteiger partial charge in [-0.05, 0) is 25.6 Å². The number of hydrogen-bond acceptors (Lipinski definition) is 2. The van der Waals surface area contributed by atoms with Gasteiger partial charge < -0.3 is 4.90 Å². The van der Waals surface area contributed by atoms with Crippen molar-refractivity contribution < 1.29 is 0 Å². The SMILES string of the molecule is CCc1ccc(CN(C)CC(C)Br)s1. The molecule has 0 fully saturated rings. The Bertz CT molecular complexity index is 270. The molecule has 1 rings (SSSR count). The summed E-state index contributed by atoms with van der Waals surface area (Å²) in [7, 11) is 2.17. The van der Waals surface area contributed by atoms with E-state index in [2.05, 4.69) is 53.9 Å². The van der Waals surface area contributed by atoms with Gasteiger partial charge in [0, 0.05) is 27.7 Å². The van der Waals surface area contributed by atoms with Gasteiger partial charge in [0.25, 0.3) is 0 Å². The summed E-state index contributed by atoms with van der Waals surface area (Å²) in [6, 6.07) is 4.49. The molecule has 0 spiro atoms. The number of nitrogens with zero attached hydrogens (tertiary/aromatic N) is 1. The van der Waals surface area contributed by atoms with Crippen LogP contribution >= 0.6 is 27.3 Å². The average molecular weight is 276 g/mol. The molecule has 1 atom stereocenters. The number of halogens is 1. The molecule has 0 bridgehead atoms. The second-order valence-electron chi connectivity index (χ2n) is 3.70. The summed E-state index contributed by atoms with van der Waals surface area (Å²) >= 11 is 5.50. The molecule has 0 N–H and O–H groups in total. The van der Waals surface area contributed by atoms with Crippen LogP contribution in [0, 0.1) is 0 Å². The Morgan fingerprint density at radius 3 is 2.57 bits per heavy atom. The maximum absolute atomic E-state index is 3.57. The van der Waals surface area contributed by atoms with Crippen molar-refractivity contribution >= 4 is 27.3 Å². The van der Waals surface area contributed by atoms with Gasteiger partial charge in [-0.3, -0.25) is 0 Å². The molecule has 0 aromatic carbocycles. The Morgan fingerprint density at radius 1 is 1.43 bits per heavy atom. The molecule has 1 nitrogen and oxygen atoms in total. The molecule has 0 amide bonds. The van der Waals surface area contributed by atoms with Crippen molar-refractivity contribution in [1.82, 2.24) is 4.90 Å². The molecule has 0 radical (unpaired) electrons. The van der Waals surface area contributed by atoms with Gasteiger partial charge in [-0.15, -0.1) is 11.3 Å². The van der Waals surface area contributed by atoms with Gasteiger partial charge >= 0.3 is 0 Å². The third-order valence-electron chi connectivity index (χ3n) is 2.05. The van der Waals surface area contributed by atoms with Gasteiger partial charge in [0.15, 0.2) is 0 Å². The molecule has 0 saturated carbocycles. The fraction of sp³-hybridized carbons (Fsp3) is 0.636. The molecular formula is C11H18BrNS. The lowest BCUT2D eigenvalue weighted by Gasteiger charge is -2.16. The van der Waals surface area contributed by atoms with E-state index in [0.29, 0.717) is 4.83 Å². The van der Waals surface area contributed by atoms with E-state index in [-0.39, 0.29) is 0 Å². The fourth-order valence-electron chi connectivity index (χ4n) is 1.46. The van der Waals surface area contributed by atoms with Crippen LogP contribution in [0.1, 0.15) is 23.6 Å². The predicted molar refractivity (Wildman–Crippen MR) is 68.4 cm³/mol. The highest BCUT2D eigenvalue weighted by atomic mass is 79.9. The molecule has 0 aliphatic rings. The van der Waals surface area contributed by atoms with E-state index in [1.807, 2.05) is 11.3 Å². The van der Waals surface area contributed by atoms with Crippen molar-refractivity contribution in [2.45, 2.75) is 31.6 Å². The molecule has 3 heteroatoms. The highest BCUT2D eigenvalue weighted by Gasteiger charge is 2.05. The maximum atomic E-state index is 3.57. The van der Waals surface area contributed by atoms with Crippen LogP contribution in [0.4, 0.5) is 0 Å². The van der Waals surface area contributed by atoms with Crippen molar-refractivity contribution in [2.24, 2.45) is 0 Å². The summed E-state index contributed by atoms with van der Waals surface area (Å²) in [5, 5.41) is 0. The second-order valence-corrected chi connectivity index (χ2v) is 6.52. The zero-order chi connectivity index (χ0) is 10.6. The maximum Gasteiger partial charge on any atom is 0.0325 e. The highest BCUT2D eigenvalue weighted by Crippen LogP contribution is 2.18. The lowest BCUT2D eigenvalue weighted by Crippen LogP contribution is -2.23. The van der Waals surface area contributed by atoms with Crippen LogP contribution in [-0.2, 0) is 13.0 Å². The summed E-state index contributed by atoms with van der Waals surface area (Å²) in [5.41, 5.74) is 0. The Kier molecular flexibility index (Phi) is 5.13. The smallest absolute Gasteiger partial charge is 0.0325 e. The summed E-state index contributed by atoms with van der Waals surface area (Å²) < 4.78 is 0. The quantitative estimate of drug-likeness (QED) is 0.744. The largest absolute Gasteiger partial charge is 0.300 e. The Morgan fingerprint density at radius 2 is 2.07 bits per heavy atom. The molecular weight excluding hydrogens is 258 g/mol. The number of rotatable bonds is 5. The molecule has 0 aliphatic heterocycles. The number of aryl methyl sites for hydroxylation is 1. The predicted octanol–water partition coefficient (Wildman–Crippen LogP) is 3.53. The zero-order valence-corrected chi connectivity index (χ0v) is 11.5. The van der Waals surface area contributed by atoms with E-state index in [9.17, 15) is 0 Å². The normalized spacial score (nSPS) is 13.5. The minimum absolute atomic E-state index is 0.568. The molecule has 1 unspecified atom stereocenters. The lowest BCUT2D eigenvalue weighted by molar-refractivity contribution is 0.336. The van der Waals surface area contributed by atoms with Crippen molar-refractivity contribution in [2.75, 3.05) is 13.6 Å². The van der Waals surface area contributed by atoms with Crippen LogP contribution in [0.2, 0.25) is 0 Å². The van der Waals surface area contributed by atoms with Gasteiger partial charge in [0.2, 0.25) is 0 Å². The summed E-state index contributed by atoms with van der Waals surface area (Å²) in [6.45, 7) is 6.56. The van der Waals surface area contributed by atoms with Crippen LogP contribution in [0.25, 0.3) is 0 Å². The summed E-state index contributed by atoms with van der Waals surface area (Å²) in [5.74, 6) is 0. The summed E-state index contributed by atoms with van der Waals surface area (Å²) in [6.07, 6.45) is 1.16. The van der Waals surface area contributed by atoms with Crippen molar-refractivity contribution in [3.8, 4) is 0 Å². The first kappa shape index (κ1) is 12.2. The van der Waals surface area contributed by atoms with Crippen LogP contribution in [0.15, 0.2) is 12.1 Å². The second kappa shape index (κ2) is 5.89. The van der Waals surface area contributed by atoms with Crippen molar-refractivity contribution in [3.05, 3.63) is 21.9 Å². The number of thiophene rings is 1. The average Bonchev–Trinajstić information content (AvgIpc) is 2.50. The Labute approximate surface area is 99.3 Å². The standard InChI is InChI=1S/C11H18BrNS/c1-4-10-5-6-11(14-10)8-13(3)7-9(2)12/h5-6,9H,4,7-8H2,1-3H3. The van der Waals surface area contributed by atoms with Gasteiger partial charge in [0.05, 0.1) is 0 Å². The minimum Gasteiger partial charge on any atom is -0.300 e. The van der Waals surface area contributed by atoms with E-state index in [0.717, 1.165) is 19.5 Å². The first-order valence-corrected chi connectivity index (χ1v) is 6.75. The van der Waals surface area contributed by atoms with E-state index >= 15 is 0 Å². The van der Waals surface area contributed by atoms with Gasteiger partial charge in [-0.2, -0.15) is 0 Å². The first-order chi connectivity index (χ1) is 6.61. The first-order valence-electron chi connectivity index (χ1n) is 5.02. The summed E-state index contributed by atoms with van der Waals surface area (Å²) in [4.78, 5) is 5.88. The van der Waals surface area contributed by atoms with E-state index in [4.69, 9.17) is 0 Å². The monoisotopic (exact) mass is 275 g/mol. The van der Waals surface area contributed by atoms with Gasteiger partial charge in [0.1, 0.15) is 0 Å². The highest BCUT2D eigenvalue weighted by molar-refractivity contribution is 9.09. The van der Waals surface area contributed by atoms with Crippen LogP contribution in [0.5, 0.6) is 0 Å². The van der Waals surface area contributed by atoms with E-state index < -0.39 is 0 Å². The fourth-order valence-corrected chi connectivity index (χ4v) is 2.99. The van der Waals surface area contributed by atoms with Crippen LogP contribution in [0.3, 0.4) is 0 Å². The van der Waals surface area contributed by atoms with Crippen LogP contribution in [-0.4, -0.2) is 23.3 Å². The van der Waals surface area contributed by atoms with Crippen molar-refractivity contribution in [1.29, 1.82) is 0 Å². The molecule has 1 aromatic rings. The third kappa shape index (κ3) is 4.11. The lowest BCUT2D eigenvalue weighted by atomic mass is 10.3. The van der Waals surface area contributed by atoms with Gasteiger partial charge in [-0.25, -0.2) is 0 Å². The number of hydrogen-bond donors (Lipinski definition) is 0. The Balaban J connectivity index is 2.43.